The third kappa shape index (κ3) is 6.05. The maximum Gasteiger partial charge on any atom is 0.488 e. The van der Waals surface area contributed by atoms with Crippen LogP contribution in [0, 0.1) is 5.82 Å². The molecule has 2 aromatic rings. The lowest BCUT2D eigenvalue weighted by Gasteiger charge is -2.26. The van der Waals surface area contributed by atoms with E-state index in [1.807, 2.05) is 4.98 Å². The first-order valence-corrected chi connectivity index (χ1v) is 14.8. The molecule has 0 saturated carbocycles. The summed E-state index contributed by atoms with van der Waals surface area (Å²) >= 11 is 0. The van der Waals surface area contributed by atoms with Gasteiger partial charge in [-0.15, -0.1) is 0 Å². The van der Waals surface area contributed by atoms with Gasteiger partial charge < -0.3 is 35.2 Å². The largest absolute Gasteiger partial charge is 0.488 e. The first kappa shape index (κ1) is 28.4. The summed E-state index contributed by atoms with van der Waals surface area (Å²) in [7, 11) is -13.7. The Morgan fingerprint density at radius 2 is 1.91 bits per heavy atom. The van der Waals surface area contributed by atoms with E-state index in [1.165, 1.54) is 0 Å². The molecule has 0 aliphatic carbocycles. The third-order valence-corrected chi connectivity index (χ3v) is 9.09. The molecule has 23 heteroatoms. The van der Waals surface area contributed by atoms with Gasteiger partial charge in [0.25, 0.3) is 12.8 Å². The molecule has 1 fully saturated rings. The molecule has 8 N–H and O–H groups in total. The molecule has 2 aromatic heterocycles. The Labute approximate surface area is 193 Å². The summed E-state index contributed by atoms with van der Waals surface area (Å²) in [6.45, 7) is -3.21. The van der Waals surface area contributed by atoms with E-state index < -0.39 is 88.6 Å². The summed E-state index contributed by atoms with van der Waals surface area (Å²) in [5, 5.41) is 9.57. The van der Waals surface area contributed by atoms with Crippen LogP contribution in [0.1, 0.15) is 6.23 Å². The maximum atomic E-state index is 15.4. The number of H-pyrrole nitrogens is 1. The molecule has 3 heterocycles. The van der Waals surface area contributed by atoms with Crippen LogP contribution in [0.25, 0.3) is 11.0 Å². The number of nitrogen functional groups attached to an aromatic ring is 1. The number of aliphatic hydroxyl groups excluding tert-OH is 1. The van der Waals surface area contributed by atoms with Crippen LogP contribution in [0.4, 0.5) is 19.1 Å². The molecule has 35 heavy (non-hydrogen) atoms. The average molecular weight is 590 g/mol. The number of fused-ring (bicyclic) bond motifs is 1. The Bertz CT molecular complexity index is 1330. The number of nitrogens with zero attached hydrogens (tertiary/aromatic N) is 2. The third-order valence-electron chi connectivity index (χ3n) is 4.50. The van der Waals surface area contributed by atoms with Gasteiger partial charge in [-0.3, -0.25) is 18.9 Å². The first-order valence-electron chi connectivity index (χ1n) is 8.86. The lowest BCUT2D eigenvalue weighted by molar-refractivity contribution is -0.0685. The SMILES string of the molecule is Nc1nc2c(c(F)cn2[C@@H]2OC(COP(=O)(O)OP(=O)(O)OP(O)(O)=P)[C@H](O)C2(F)CF)c(=O)[nH]1. The van der Waals surface area contributed by atoms with E-state index in [2.05, 4.69) is 26.7 Å². The second-order valence-electron chi connectivity index (χ2n) is 7.01. The predicted molar refractivity (Wildman–Crippen MR) is 112 cm³/mol. The zero-order valence-corrected chi connectivity index (χ0v) is 20.4. The standard InChI is InChI=1S/C12H17F3N4O12P4/c13-3-12(15)7(20)5(2-28-33(22,23)30-34(24,25)31-35(26,27)32)29-10(12)19-1-4(14)6-8(19)17-11(16)18-9(6)21/h1,5,7,10,20,26-27,32H,2-3H2,(H,22,23)(H,24,25)(H3,16,17,18,21)/t5?,7-,10+,12?/m0/s1. The fourth-order valence-corrected chi connectivity index (χ4v) is 7.20. The number of phosphoric acid groups is 2. The van der Waals surface area contributed by atoms with Crippen LogP contribution in [0.2, 0.25) is 0 Å². The van der Waals surface area contributed by atoms with Crippen molar-refractivity contribution in [3.05, 3.63) is 22.4 Å². The molecule has 1 saturated heterocycles. The fraction of sp³-hybridized carbons (Fsp3) is 0.500. The number of nitrogens with one attached hydrogen (secondary N) is 1. The number of rotatable bonds is 9. The molecule has 0 radical (unpaired) electrons. The lowest BCUT2D eigenvalue weighted by Crippen LogP contribution is -2.45. The molecular formula is C12H17F3N4O12P4. The van der Waals surface area contributed by atoms with Crippen LogP contribution in [0.15, 0.2) is 11.0 Å². The Hall–Kier alpha value is -1.16. The smallest absolute Gasteiger partial charge is 0.387 e. The van der Waals surface area contributed by atoms with Crippen molar-refractivity contribution >= 4 is 48.4 Å². The van der Waals surface area contributed by atoms with Gasteiger partial charge in [-0.2, -0.15) is 9.29 Å². The number of aromatic nitrogens is 3. The molecule has 198 valence electrons. The number of anilines is 1. The predicted octanol–water partition coefficient (Wildman–Crippen LogP) is 0.438. The Balaban J connectivity index is 1.86. The van der Waals surface area contributed by atoms with E-state index in [0.29, 0.717) is 10.8 Å². The summed E-state index contributed by atoms with van der Waals surface area (Å²) in [4.78, 5) is 54.4. The minimum atomic E-state index is -5.61. The van der Waals surface area contributed by atoms with Crippen LogP contribution in [0.3, 0.4) is 0 Å². The van der Waals surface area contributed by atoms with Crippen LogP contribution < -0.4 is 11.3 Å². The van der Waals surface area contributed by atoms with E-state index in [4.69, 9.17) is 20.3 Å². The maximum absolute atomic E-state index is 15.4. The van der Waals surface area contributed by atoms with Gasteiger partial charge in [0.15, 0.2) is 17.7 Å². The highest BCUT2D eigenvalue weighted by atomic mass is 31.8. The van der Waals surface area contributed by atoms with Crippen LogP contribution >= 0.6 is 31.4 Å². The van der Waals surface area contributed by atoms with Gasteiger partial charge in [-0.05, 0) is 8.53 Å². The second-order valence-corrected chi connectivity index (χ2v) is 13.3. The molecule has 0 aromatic carbocycles. The normalized spacial score (nSPS) is 28.7. The van der Waals surface area contributed by atoms with Crippen molar-refractivity contribution in [3.8, 4) is 0 Å². The number of aromatic amines is 1. The molecule has 0 bridgehead atoms. The second kappa shape index (κ2) is 9.62. The lowest BCUT2D eigenvalue weighted by atomic mass is 9.97. The molecule has 3 rings (SSSR count). The number of phosphoric ester groups is 1. The van der Waals surface area contributed by atoms with Gasteiger partial charge in [-0.25, -0.2) is 26.6 Å². The topological polar surface area (TPSA) is 249 Å². The summed E-state index contributed by atoms with van der Waals surface area (Å²) in [5.74, 6) is -1.74. The molecule has 6 atom stereocenters. The van der Waals surface area contributed by atoms with Crippen molar-refractivity contribution in [2.45, 2.75) is 24.1 Å². The summed E-state index contributed by atoms with van der Waals surface area (Å²) in [5.41, 5.74) is 0.427. The highest BCUT2D eigenvalue weighted by molar-refractivity contribution is 7.91. The highest BCUT2D eigenvalue weighted by Crippen LogP contribution is 2.67. The van der Waals surface area contributed by atoms with Gasteiger partial charge in [0.2, 0.25) is 11.6 Å². The monoisotopic (exact) mass is 590 g/mol. The van der Waals surface area contributed by atoms with Crippen molar-refractivity contribution < 1.29 is 64.9 Å². The number of alkyl halides is 2. The van der Waals surface area contributed by atoms with Crippen LogP contribution in [-0.4, -0.2) is 70.4 Å². The number of halogens is 3. The zero-order chi connectivity index (χ0) is 26.6. The number of hydrogen-bond acceptors (Lipinski definition) is 10. The van der Waals surface area contributed by atoms with E-state index in [1.54, 1.807) is 0 Å². The number of hydrogen-bond donors (Lipinski definition) is 7. The van der Waals surface area contributed by atoms with Crippen LogP contribution in [0.5, 0.6) is 0 Å². The molecular weight excluding hydrogens is 573 g/mol. The van der Waals surface area contributed by atoms with Crippen molar-refractivity contribution in [1.82, 2.24) is 14.5 Å². The molecule has 16 nitrogen and oxygen atoms in total. The number of ether oxygens (including phenoxy) is 1. The van der Waals surface area contributed by atoms with Crippen molar-refractivity contribution in [1.29, 1.82) is 0 Å². The first-order chi connectivity index (χ1) is 15.9. The van der Waals surface area contributed by atoms with Crippen LogP contribution in [-0.2, 0) is 27.0 Å². The van der Waals surface area contributed by atoms with Gasteiger partial charge in [0.1, 0.15) is 24.3 Å². The van der Waals surface area contributed by atoms with Gasteiger partial charge in [-0.1, -0.05) is 0 Å². The minimum absolute atomic E-state index is 0.514. The summed E-state index contributed by atoms with van der Waals surface area (Å²) in [6, 6.07) is 0. The molecule has 1 aliphatic heterocycles. The van der Waals surface area contributed by atoms with Crippen molar-refractivity contribution in [2.75, 3.05) is 19.0 Å². The average Bonchev–Trinajstić information content (AvgIpc) is 3.12. The van der Waals surface area contributed by atoms with E-state index in [9.17, 15) is 37.6 Å². The minimum Gasteiger partial charge on any atom is -0.387 e. The van der Waals surface area contributed by atoms with Crippen molar-refractivity contribution in [3.63, 3.8) is 0 Å². The highest BCUT2D eigenvalue weighted by Gasteiger charge is 2.59. The Morgan fingerprint density at radius 1 is 1.29 bits per heavy atom. The van der Waals surface area contributed by atoms with Crippen molar-refractivity contribution in [2.24, 2.45) is 0 Å². The molecule has 0 spiro atoms. The van der Waals surface area contributed by atoms with E-state index >= 15 is 4.39 Å². The van der Waals surface area contributed by atoms with E-state index in [0.717, 1.165) is 0 Å². The molecule has 4 unspecified atom stereocenters. The molecule has 0 amide bonds. The Kier molecular flexibility index (Phi) is 7.81. The van der Waals surface area contributed by atoms with Gasteiger partial charge in [0.05, 0.1) is 6.61 Å². The summed E-state index contributed by atoms with van der Waals surface area (Å²) < 4.78 is 84.6. The quantitative estimate of drug-likeness (QED) is 0.196. The summed E-state index contributed by atoms with van der Waals surface area (Å²) in [6.07, 6.45) is -6.09. The van der Waals surface area contributed by atoms with Gasteiger partial charge in [0, 0.05) is 6.20 Å². The molecule has 1 aliphatic rings. The number of aliphatic hydroxyl groups is 1. The fourth-order valence-electron chi connectivity index (χ4n) is 3.17. The zero-order valence-electron chi connectivity index (χ0n) is 16.8. The number of nitrogens with two attached hydrogens (primary N) is 1. The van der Waals surface area contributed by atoms with Gasteiger partial charge >= 0.3 is 15.6 Å². The Morgan fingerprint density at radius 3 is 2.49 bits per heavy atom. The van der Waals surface area contributed by atoms with E-state index in [-0.39, 0.29) is 0 Å².